The Morgan fingerprint density at radius 3 is 2.60 bits per heavy atom. The normalized spacial score (nSPS) is 16.4. The van der Waals surface area contributed by atoms with Gasteiger partial charge in [-0.2, -0.15) is 13.9 Å². The summed E-state index contributed by atoms with van der Waals surface area (Å²) in [6.45, 7) is 3.70. The molecule has 0 saturated heterocycles. The molecule has 1 aromatic carbocycles. The van der Waals surface area contributed by atoms with E-state index in [2.05, 4.69) is 10.4 Å². The predicted octanol–water partition coefficient (Wildman–Crippen LogP) is 2.66. The van der Waals surface area contributed by atoms with Gasteiger partial charge >= 0.3 is 5.92 Å². The van der Waals surface area contributed by atoms with E-state index < -0.39 is 17.4 Å². The molecule has 1 aliphatic rings. The lowest BCUT2D eigenvalue weighted by Gasteiger charge is -2.41. The highest BCUT2D eigenvalue weighted by molar-refractivity contribution is 5.85. The number of nitrogens with one attached hydrogen (secondary N) is 1. The van der Waals surface area contributed by atoms with Gasteiger partial charge in [0.2, 0.25) is 0 Å². The van der Waals surface area contributed by atoms with Crippen LogP contribution in [0.1, 0.15) is 36.2 Å². The lowest BCUT2D eigenvalue weighted by Crippen LogP contribution is -2.60. The number of rotatable bonds is 5. The van der Waals surface area contributed by atoms with Crippen molar-refractivity contribution in [2.45, 2.75) is 51.2 Å². The molecule has 0 atom stereocenters. The molecular formula is C18H21F2N3O2. The summed E-state index contributed by atoms with van der Waals surface area (Å²) >= 11 is 0. The molecule has 1 fully saturated rings. The molecule has 134 valence electrons. The average molecular weight is 349 g/mol. The Labute approximate surface area is 144 Å². The zero-order valence-electron chi connectivity index (χ0n) is 14.2. The Kier molecular flexibility index (Phi) is 4.36. The van der Waals surface area contributed by atoms with Gasteiger partial charge in [-0.05, 0) is 50.8 Å². The highest BCUT2D eigenvalue weighted by Crippen LogP contribution is 2.44. The second-order valence-electron chi connectivity index (χ2n) is 6.61. The Balaban J connectivity index is 1.78. The van der Waals surface area contributed by atoms with Crippen LogP contribution in [0.15, 0.2) is 30.3 Å². The smallest absolute Gasteiger partial charge is 0.352 e. The Hall–Kier alpha value is -2.28. The molecular weight excluding hydrogens is 328 g/mol. The molecule has 3 rings (SSSR count). The van der Waals surface area contributed by atoms with Crippen LogP contribution in [0.4, 0.5) is 8.78 Å². The van der Waals surface area contributed by atoms with E-state index in [1.807, 2.05) is 32.0 Å². The number of aromatic nitrogens is 2. The van der Waals surface area contributed by atoms with Gasteiger partial charge in [-0.1, -0.05) is 18.2 Å². The average Bonchev–Trinajstić information content (AvgIpc) is 2.88. The molecule has 0 bridgehead atoms. The fraction of sp³-hybridized carbons (Fsp3) is 0.444. The number of halogens is 2. The molecule has 2 N–H and O–H groups in total. The van der Waals surface area contributed by atoms with Crippen LogP contribution < -0.4 is 5.32 Å². The number of carbonyl (C=O) groups excluding carboxylic acids is 1. The number of aryl methyl sites for hydroxylation is 2. The lowest BCUT2D eigenvalue weighted by atomic mass is 9.75. The first kappa shape index (κ1) is 17.5. The standard InChI is InChI=1S/C18H21F2N3O2/c1-12-10-13(2)23(22-12)15-7-4-3-6-14(15)11-21-16(24)18(19,20)17(25)8-5-9-17/h3-4,6-7,10,25H,5,8-9,11H2,1-2H3,(H,21,24). The van der Waals surface area contributed by atoms with Crippen LogP contribution in [-0.4, -0.2) is 32.3 Å². The van der Waals surface area contributed by atoms with Crippen LogP contribution in [0.5, 0.6) is 0 Å². The van der Waals surface area contributed by atoms with Crippen molar-refractivity contribution in [3.63, 3.8) is 0 Å². The summed E-state index contributed by atoms with van der Waals surface area (Å²) < 4.78 is 30.0. The first-order chi connectivity index (χ1) is 11.7. The molecule has 7 heteroatoms. The van der Waals surface area contributed by atoms with Gasteiger partial charge in [0, 0.05) is 12.2 Å². The third-order valence-corrected chi connectivity index (χ3v) is 4.72. The van der Waals surface area contributed by atoms with Gasteiger partial charge in [0.05, 0.1) is 11.4 Å². The molecule has 1 heterocycles. The predicted molar refractivity (Wildman–Crippen MR) is 88.6 cm³/mol. The number of aliphatic hydroxyl groups is 1. The molecule has 1 amide bonds. The van der Waals surface area contributed by atoms with Crippen molar-refractivity contribution in [1.82, 2.24) is 15.1 Å². The highest BCUT2D eigenvalue weighted by Gasteiger charge is 2.61. The fourth-order valence-electron chi connectivity index (χ4n) is 3.06. The topological polar surface area (TPSA) is 67.2 Å². The second kappa shape index (κ2) is 6.22. The van der Waals surface area contributed by atoms with Gasteiger partial charge in [0.15, 0.2) is 0 Å². The molecule has 0 radical (unpaired) electrons. The Morgan fingerprint density at radius 1 is 1.36 bits per heavy atom. The van der Waals surface area contributed by atoms with E-state index >= 15 is 0 Å². The Bertz CT molecular complexity index is 797. The number of hydrogen-bond donors (Lipinski definition) is 2. The summed E-state index contributed by atoms with van der Waals surface area (Å²) in [7, 11) is 0. The molecule has 25 heavy (non-hydrogen) atoms. The molecule has 1 aromatic heterocycles. The number of amides is 1. The van der Waals surface area contributed by atoms with Crippen molar-refractivity contribution >= 4 is 5.91 Å². The van der Waals surface area contributed by atoms with Crippen molar-refractivity contribution in [3.8, 4) is 5.69 Å². The summed E-state index contributed by atoms with van der Waals surface area (Å²) in [5.74, 6) is -5.24. The summed E-state index contributed by atoms with van der Waals surface area (Å²) in [6, 6.07) is 9.08. The minimum Gasteiger partial charge on any atom is -0.383 e. The number of benzene rings is 1. The monoisotopic (exact) mass is 349 g/mol. The second-order valence-corrected chi connectivity index (χ2v) is 6.61. The van der Waals surface area contributed by atoms with Crippen LogP contribution in [0, 0.1) is 13.8 Å². The number of para-hydroxylation sites is 1. The third-order valence-electron chi connectivity index (χ3n) is 4.72. The fourth-order valence-corrected chi connectivity index (χ4v) is 3.06. The minimum absolute atomic E-state index is 0.0598. The number of nitrogens with zero attached hydrogens (tertiary/aromatic N) is 2. The maximum Gasteiger partial charge on any atom is 0.352 e. The minimum atomic E-state index is -3.79. The number of hydrogen-bond acceptors (Lipinski definition) is 3. The van der Waals surface area contributed by atoms with Crippen LogP contribution in [0.3, 0.4) is 0 Å². The van der Waals surface area contributed by atoms with Crippen molar-refractivity contribution in [2.24, 2.45) is 0 Å². The molecule has 1 saturated carbocycles. The maximum atomic E-state index is 14.2. The van der Waals surface area contributed by atoms with Gasteiger partial charge in [0.25, 0.3) is 5.91 Å². The molecule has 5 nitrogen and oxygen atoms in total. The number of carbonyl (C=O) groups is 1. The number of alkyl halides is 2. The van der Waals surface area contributed by atoms with Crippen molar-refractivity contribution in [3.05, 3.63) is 47.3 Å². The van der Waals surface area contributed by atoms with E-state index in [4.69, 9.17) is 0 Å². The first-order valence-electron chi connectivity index (χ1n) is 8.25. The van der Waals surface area contributed by atoms with Crippen LogP contribution in [-0.2, 0) is 11.3 Å². The van der Waals surface area contributed by atoms with E-state index in [0.29, 0.717) is 12.0 Å². The SMILES string of the molecule is Cc1cc(C)n(-c2ccccc2CNC(=O)C(F)(F)C2(O)CCC2)n1. The van der Waals surface area contributed by atoms with E-state index in [9.17, 15) is 18.7 Å². The summed E-state index contributed by atoms with van der Waals surface area (Å²) in [4.78, 5) is 12.0. The first-order valence-corrected chi connectivity index (χ1v) is 8.25. The molecule has 0 aliphatic heterocycles. The maximum absolute atomic E-state index is 14.2. The van der Waals surface area contributed by atoms with Gasteiger partial charge in [-0.3, -0.25) is 4.79 Å². The Morgan fingerprint density at radius 2 is 2.04 bits per heavy atom. The molecule has 1 aliphatic carbocycles. The van der Waals surface area contributed by atoms with E-state index in [-0.39, 0.29) is 19.4 Å². The van der Waals surface area contributed by atoms with Gasteiger partial charge in [0.1, 0.15) is 5.60 Å². The van der Waals surface area contributed by atoms with Crippen LogP contribution in [0.2, 0.25) is 0 Å². The lowest BCUT2D eigenvalue weighted by molar-refractivity contribution is -0.216. The van der Waals surface area contributed by atoms with E-state index in [1.54, 1.807) is 16.8 Å². The van der Waals surface area contributed by atoms with Crippen LogP contribution in [0.25, 0.3) is 5.69 Å². The summed E-state index contributed by atoms with van der Waals surface area (Å²) in [5, 5.41) is 16.5. The molecule has 0 spiro atoms. The zero-order valence-corrected chi connectivity index (χ0v) is 14.2. The molecule has 2 aromatic rings. The van der Waals surface area contributed by atoms with E-state index in [0.717, 1.165) is 17.1 Å². The van der Waals surface area contributed by atoms with Crippen molar-refractivity contribution in [2.75, 3.05) is 0 Å². The van der Waals surface area contributed by atoms with Gasteiger partial charge in [-0.25, -0.2) is 4.68 Å². The third kappa shape index (κ3) is 3.04. The quantitative estimate of drug-likeness (QED) is 0.872. The van der Waals surface area contributed by atoms with Gasteiger partial charge < -0.3 is 10.4 Å². The largest absolute Gasteiger partial charge is 0.383 e. The van der Waals surface area contributed by atoms with Crippen molar-refractivity contribution in [1.29, 1.82) is 0 Å². The summed E-state index contributed by atoms with van der Waals surface area (Å²) in [5.41, 5.74) is 0.921. The highest BCUT2D eigenvalue weighted by atomic mass is 19.3. The summed E-state index contributed by atoms with van der Waals surface area (Å²) in [6.07, 6.45) is 0.381. The van der Waals surface area contributed by atoms with E-state index in [1.165, 1.54) is 0 Å². The van der Waals surface area contributed by atoms with Crippen molar-refractivity contribution < 1.29 is 18.7 Å². The van der Waals surface area contributed by atoms with Crippen LogP contribution >= 0.6 is 0 Å². The van der Waals surface area contributed by atoms with Gasteiger partial charge in [-0.15, -0.1) is 0 Å². The molecule has 0 unspecified atom stereocenters. The zero-order chi connectivity index (χ0) is 18.2.